The van der Waals surface area contributed by atoms with Gasteiger partial charge in [-0.05, 0) is 47.0 Å². The number of benzene rings is 3. The van der Waals surface area contributed by atoms with Gasteiger partial charge in [0.2, 0.25) is 0 Å². The van der Waals surface area contributed by atoms with Gasteiger partial charge >= 0.3 is 0 Å². The first-order valence-corrected chi connectivity index (χ1v) is 14.0. The molecule has 1 aliphatic heterocycles. The Morgan fingerprint density at radius 1 is 0.875 bits per heavy atom. The van der Waals surface area contributed by atoms with Gasteiger partial charge in [-0.2, -0.15) is 0 Å². The summed E-state index contributed by atoms with van der Waals surface area (Å²) in [5.41, 5.74) is 13.4. The number of pyridine rings is 1. The molecule has 0 saturated carbocycles. The van der Waals surface area contributed by atoms with E-state index in [1.54, 1.807) is 0 Å². The Morgan fingerprint density at radius 3 is 2.30 bits per heavy atom. The number of aromatic nitrogens is 1. The number of nitrogens with two attached hydrogens (primary N) is 1. The van der Waals surface area contributed by atoms with Gasteiger partial charge in [0.25, 0.3) is 0 Å². The first kappa shape index (κ1) is 28.1. The van der Waals surface area contributed by atoms with Crippen LogP contribution in [0.2, 0.25) is 0 Å². The highest BCUT2D eigenvalue weighted by molar-refractivity contribution is 5.67. The van der Waals surface area contributed by atoms with Gasteiger partial charge in [-0.1, -0.05) is 85.8 Å². The fourth-order valence-electron chi connectivity index (χ4n) is 5.38. The predicted molar refractivity (Wildman–Crippen MR) is 158 cm³/mol. The molecule has 1 aromatic heterocycles. The summed E-state index contributed by atoms with van der Waals surface area (Å²) in [4.78, 5) is 6.78. The zero-order chi connectivity index (χ0) is 27.9. The summed E-state index contributed by atoms with van der Waals surface area (Å²) in [7, 11) is 2.14. The summed E-state index contributed by atoms with van der Waals surface area (Å²) in [6.45, 7) is 4.39. The van der Waals surface area contributed by atoms with Gasteiger partial charge in [0.1, 0.15) is 0 Å². The summed E-state index contributed by atoms with van der Waals surface area (Å²) in [6.07, 6.45) is 2.06. The lowest BCUT2D eigenvalue weighted by Crippen LogP contribution is -2.43. The van der Waals surface area contributed by atoms with E-state index in [-0.39, 0.29) is 24.7 Å². The molecule has 1 fully saturated rings. The van der Waals surface area contributed by atoms with Crippen molar-refractivity contribution >= 4 is 0 Å². The van der Waals surface area contributed by atoms with Crippen LogP contribution in [0.15, 0.2) is 97.2 Å². The smallest absolute Gasteiger partial charge is 0.184 e. The molecule has 0 spiro atoms. The zero-order valence-corrected chi connectivity index (χ0v) is 23.3. The van der Waals surface area contributed by atoms with Crippen molar-refractivity contribution in [3.05, 3.63) is 125 Å². The molecule has 0 aliphatic carbocycles. The van der Waals surface area contributed by atoms with Crippen LogP contribution in [-0.2, 0) is 29.0 Å². The number of nitrogens with zero attached hydrogens (tertiary/aromatic N) is 2. The van der Waals surface area contributed by atoms with Gasteiger partial charge < -0.3 is 25.2 Å². The topological polar surface area (TPSA) is 80.8 Å². The van der Waals surface area contributed by atoms with Crippen LogP contribution in [-0.4, -0.2) is 41.2 Å². The Labute approximate surface area is 237 Å². The van der Waals surface area contributed by atoms with E-state index in [9.17, 15) is 5.11 Å². The van der Waals surface area contributed by atoms with Gasteiger partial charge in [0, 0.05) is 49.4 Å². The number of rotatable bonds is 10. The van der Waals surface area contributed by atoms with E-state index in [2.05, 4.69) is 78.5 Å². The number of ether oxygens (including phenoxy) is 2. The van der Waals surface area contributed by atoms with E-state index >= 15 is 0 Å². The zero-order valence-electron chi connectivity index (χ0n) is 23.3. The minimum Gasteiger partial charge on any atom is -0.392 e. The standard InChI is InChI=1S/C34H39N3O3/c1-24-32(22-37(2)20-18-30-8-5-6-19-36-30)39-34(40-33(24)27-12-10-25(23-38)11-13-27)28-16-14-26(15-17-28)31-9-4-3-7-29(31)21-35/h3-17,19,24,32-34,38H,18,20-23,35H2,1-2H3. The van der Waals surface area contributed by atoms with Crippen LogP contribution in [0.5, 0.6) is 0 Å². The quantitative estimate of drug-likeness (QED) is 0.272. The van der Waals surface area contributed by atoms with Crippen molar-refractivity contribution < 1.29 is 14.6 Å². The molecule has 40 heavy (non-hydrogen) atoms. The normalized spacial score (nSPS) is 21.0. The second-order valence-electron chi connectivity index (χ2n) is 10.6. The second kappa shape index (κ2) is 13.3. The van der Waals surface area contributed by atoms with Crippen LogP contribution in [0.3, 0.4) is 0 Å². The molecule has 1 saturated heterocycles. The Balaban J connectivity index is 1.36. The summed E-state index contributed by atoms with van der Waals surface area (Å²) in [5.74, 6) is 0.129. The van der Waals surface area contributed by atoms with Gasteiger partial charge in [-0.3, -0.25) is 4.98 Å². The van der Waals surface area contributed by atoms with Crippen LogP contribution < -0.4 is 5.73 Å². The molecule has 4 aromatic rings. The molecule has 3 N–H and O–H groups in total. The summed E-state index contributed by atoms with van der Waals surface area (Å²) >= 11 is 0. The van der Waals surface area contributed by atoms with Crippen molar-refractivity contribution in [3.8, 4) is 11.1 Å². The monoisotopic (exact) mass is 537 g/mol. The SMILES string of the molecule is CC1C(CN(C)CCc2ccccn2)OC(c2ccc(-c3ccccc3CN)cc2)OC1c1ccc(CO)cc1. The maximum absolute atomic E-state index is 9.53. The van der Waals surface area contributed by atoms with E-state index in [1.165, 1.54) is 0 Å². The van der Waals surface area contributed by atoms with E-state index in [0.717, 1.165) is 58.6 Å². The molecule has 0 radical (unpaired) electrons. The van der Waals surface area contributed by atoms with Gasteiger partial charge in [0.15, 0.2) is 6.29 Å². The largest absolute Gasteiger partial charge is 0.392 e. The second-order valence-corrected chi connectivity index (χ2v) is 10.6. The molecule has 0 amide bonds. The Bertz CT molecular complexity index is 1350. The molecule has 4 unspecified atom stereocenters. The van der Waals surface area contributed by atoms with Crippen LogP contribution in [0.25, 0.3) is 11.1 Å². The van der Waals surface area contributed by atoms with E-state index in [4.69, 9.17) is 15.2 Å². The summed E-state index contributed by atoms with van der Waals surface area (Å²) in [6, 6.07) is 30.8. The molecule has 6 heteroatoms. The summed E-state index contributed by atoms with van der Waals surface area (Å²) < 4.78 is 13.3. The molecule has 2 heterocycles. The average molecular weight is 538 g/mol. The average Bonchev–Trinajstić information content (AvgIpc) is 3.01. The van der Waals surface area contributed by atoms with Crippen LogP contribution in [0, 0.1) is 5.92 Å². The number of likely N-dealkylation sites (N-methyl/N-ethyl adjacent to an activating group) is 1. The fourth-order valence-corrected chi connectivity index (χ4v) is 5.38. The van der Waals surface area contributed by atoms with Crippen molar-refractivity contribution in [1.29, 1.82) is 0 Å². The Kier molecular flexibility index (Phi) is 9.37. The highest BCUT2D eigenvalue weighted by atomic mass is 16.7. The minimum atomic E-state index is -0.494. The Hall–Kier alpha value is -3.39. The molecule has 1 aliphatic rings. The molecule has 3 aromatic carbocycles. The highest BCUT2D eigenvalue weighted by Gasteiger charge is 2.38. The number of hydrogen-bond donors (Lipinski definition) is 2. The number of hydrogen-bond acceptors (Lipinski definition) is 6. The van der Waals surface area contributed by atoms with Crippen molar-refractivity contribution in [1.82, 2.24) is 9.88 Å². The van der Waals surface area contributed by atoms with Crippen molar-refractivity contribution in [2.45, 2.75) is 45.0 Å². The lowest BCUT2D eigenvalue weighted by Gasteiger charge is -2.42. The first-order valence-electron chi connectivity index (χ1n) is 14.0. The van der Waals surface area contributed by atoms with Crippen molar-refractivity contribution in [3.63, 3.8) is 0 Å². The number of aliphatic hydroxyl groups excluding tert-OH is 1. The highest BCUT2D eigenvalue weighted by Crippen LogP contribution is 2.42. The minimum absolute atomic E-state index is 0.0242. The third kappa shape index (κ3) is 6.66. The molecule has 0 bridgehead atoms. The Morgan fingerprint density at radius 2 is 1.60 bits per heavy atom. The van der Waals surface area contributed by atoms with E-state index in [0.29, 0.717) is 6.54 Å². The van der Waals surface area contributed by atoms with Gasteiger partial charge in [-0.25, -0.2) is 0 Å². The van der Waals surface area contributed by atoms with Gasteiger partial charge in [0.05, 0.1) is 18.8 Å². The fraction of sp³-hybridized carbons (Fsp3) is 0.324. The molecule has 208 valence electrons. The third-order valence-electron chi connectivity index (χ3n) is 7.82. The molecular formula is C34H39N3O3. The molecular weight excluding hydrogens is 498 g/mol. The predicted octanol–water partition coefficient (Wildman–Crippen LogP) is 5.67. The third-order valence-corrected chi connectivity index (χ3v) is 7.82. The van der Waals surface area contributed by atoms with Crippen molar-refractivity contribution in [2.75, 3.05) is 20.1 Å². The molecule has 4 atom stereocenters. The van der Waals surface area contributed by atoms with Crippen LogP contribution in [0.4, 0.5) is 0 Å². The van der Waals surface area contributed by atoms with Crippen LogP contribution in [0.1, 0.15) is 47.3 Å². The molecule has 5 rings (SSSR count). The summed E-state index contributed by atoms with van der Waals surface area (Å²) in [5, 5.41) is 9.53. The van der Waals surface area contributed by atoms with Crippen LogP contribution >= 0.6 is 0 Å². The maximum Gasteiger partial charge on any atom is 0.184 e. The number of aliphatic hydroxyl groups is 1. The first-order chi connectivity index (χ1) is 19.6. The maximum atomic E-state index is 9.53. The van der Waals surface area contributed by atoms with E-state index in [1.807, 2.05) is 42.6 Å². The van der Waals surface area contributed by atoms with Crippen molar-refractivity contribution in [2.24, 2.45) is 11.7 Å². The molecule has 6 nitrogen and oxygen atoms in total. The lowest BCUT2D eigenvalue weighted by atomic mass is 9.90. The lowest BCUT2D eigenvalue weighted by molar-refractivity contribution is -0.275. The van der Waals surface area contributed by atoms with E-state index < -0.39 is 6.29 Å². The van der Waals surface area contributed by atoms with Gasteiger partial charge in [-0.15, -0.1) is 0 Å².